The standard InChI is InChI=1S/C24H30F2N4O4/c1-17-13-21(34-23(32)29-9-11-33-12-10-29)22(31)30(14-17)24(16-27)5-7-28(8-6-24)15-18-19(25)3-2-4-20(18)26/h2-4,17,21H,5-15H2,1H3. The van der Waals surface area contributed by atoms with Gasteiger partial charge in [-0.3, -0.25) is 9.69 Å². The molecule has 2 atom stereocenters. The molecule has 0 aliphatic carbocycles. The van der Waals surface area contributed by atoms with Crippen LogP contribution < -0.4 is 0 Å². The van der Waals surface area contributed by atoms with Crippen molar-refractivity contribution in [3.63, 3.8) is 0 Å². The normalized spacial score (nSPS) is 25.6. The number of carbonyl (C=O) groups excluding carboxylic acids is 2. The maximum Gasteiger partial charge on any atom is 0.410 e. The number of carbonyl (C=O) groups is 2. The zero-order valence-corrected chi connectivity index (χ0v) is 19.3. The van der Waals surface area contributed by atoms with E-state index in [1.54, 1.807) is 4.90 Å². The second-order valence-corrected chi connectivity index (χ2v) is 9.38. The van der Waals surface area contributed by atoms with Crippen LogP contribution in [0.5, 0.6) is 0 Å². The van der Waals surface area contributed by atoms with Gasteiger partial charge in [-0.1, -0.05) is 13.0 Å². The van der Waals surface area contributed by atoms with Crippen molar-refractivity contribution in [1.82, 2.24) is 14.7 Å². The molecule has 2 amide bonds. The predicted molar refractivity (Wildman–Crippen MR) is 117 cm³/mol. The van der Waals surface area contributed by atoms with E-state index in [9.17, 15) is 23.6 Å². The number of nitriles is 1. The monoisotopic (exact) mass is 476 g/mol. The maximum atomic E-state index is 14.1. The van der Waals surface area contributed by atoms with E-state index >= 15 is 0 Å². The molecule has 184 valence electrons. The first kappa shape index (κ1) is 24.4. The molecule has 34 heavy (non-hydrogen) atoms. The molecule has 4 rings (SSSR count). The SMILES string of the molecule is CC1CC(OC(=O)N2CCOCC2)C(=O)N(C2(C#N)CCN(Cc3c(F)cccc3F)CC2)C1. The lowest BCUT2D eigenvalue weighted by atomic mass is 9.83. The smallest absolute Gasteiger partial charge is 0.410 e. The Labute approximate surface area is 198 Å². The number of piperidine rings is 2. The third kappa shape index (κ3) is 5.00. The van der Waals surface area contributed by atoms with Crippen LogP contribution in [-0.2, 0) is 20.8 Å². The van der Waals surface area contributed by atoms with E-state index in [-0.39, 0.29) is 23.9 Å². The van der Waals surface area contributed by atoms with Gasteiger partial charge in [-0.25, -0.2) is 13.6 Å². The highest BCUT2D eigenvalue weighted by Gasteiger charge is 2.48. The van der Waals surface area contributed by atoms with E-state index in [0.29, 0.717) is 65.2 Å². The van der Waals surface area contributed by atoms with Crippen LogP contribution in [-0.4, -0.2) is 84.3 Å². The number of likely N-dealkylation sites (tertiary alicyclic amines) is 2. The summed E-state index contributed by atoms with van der Waals surface area (Å²) in [4.78, 5) is 30.9. The molecule has 3 fully saturated rings. The lowest BCUT2D eigenvalue weighted by Crippen LogP contribution is -2.62. The Morgan fingerprint density at radius 2 is 1.85 bits per heavy atom. The summed E-state index contributed by atoms with van der Waals surface area (Å²) in [6, 6.07) is 6.14. The van der Waals surface area contributed by atoms with Gasteiger partial charge in [0.25, 0.3) is 5.91 Å². The van der Waals surface area contributed by atoms with E-state index in [0.717, 1.165) is 0 Å². The van der Waals surface area contributed by atoms with Gasteiger partial charge in [-0.2, -0.15) is 5.26 Å². The molecule has 0 radical (unpaired) electrons. The summed E-state index contributed by atoms with van der Waals surface area (Å²) in [7, 11) is 0. The Morgan fingerprint density at radius 1 is 1.21 bits per heavy atom. The summed E-state index contributed by atoms with van der Waals surface area (Å²) in [6.45, 7) is 5.00. The fourth-order valence-corrected chi connectivity index (χ4v) is 4.97. The molecule has 3 heterocycles. The number of halogens is 2. The summed E-state index contributed by atoms with van der Waals surface area (Å²) >= 11 is 0. The molecule has 3 saturated heterocycles. The first-order chi connectivity index (χ1) is 16.3. The topological polar surface area (TPSA) is 86.1 Å². The van der Waals surface area contributed by atoms with E-state index in [2.05, 4.69) is 6.07 Å². The molecular formula is C24H30F2N4O4. The Kier molecular flexibility index (Phi) is 7.33. The minimum atomic E-state index is -1.04. The first-order valence-corrected chi connectivity index (χ1v) is 11.7. The molecule has 3 aliphatic rings. The lowest BCUT2D eigenvalue weighted by Gasteiger charge is -2.48. The van der Waals surface area contributed by atoms with Crippen molar-refractivity contribution in [3.05, 3.63) is 35.4 Å². The number of rotatable bonds is 4. The predicted octanol–water partition coefficient (Wildman–Crippen LogP) is 2.53. The van der Waals surface area contributed by atoms with Crippen molar-refractivity contribution >= 4 is 12.0 Å². The number of amides is 2. The molecule has 10 heteroatoms. The van der Waals surface area contributed by atoms with Crippen LogP contribution >= 0.6 is 0 Å². The zero-order valence-electron chi connectivity index (χ0n) is 19.3. The van der Waals surface area contributed by atoms with E-state index in [1.807, 2.05) is 11.8 Å². The van der Waals surface area contributed by atoms with Crippen molar-refractivity contribution < 1.29 is 27.8 Å². The van der Waals surface area contributed by atoms with Gasteiger partial charge in [-0.15, -0.1) is 0 Å². The van der Waals surface area contributed by atoms with Gasteiger partial charge >= 0.3 is 6.09 Å². The number of hydrogen-bond donors (Lipinski definition) is 0. The highest BCUT2D eigenvalue weighted by atomic mass is 19.1. The summed E-state index contributed by atoms with van der Waals surface area (Å²) in [5.41, 5.74) is -1.04. The van der Waals surface area contributed by atoms with Crippen LogP contribution in [0.2, 0.25) is 0 Å². The number of ether oxygens (including phenoxy) is 2. The summed E-state index contributed by atoms with van der Waals surface area (Å²) in [5, 5.41) is 10.1. The average molecular weight is 477 g/mol. The van der Waals surface area contributed by atoms with Gasteiger partial charge in [0.2, 0.25) is 0 Å². The van der Waals surface area contributed by atoms with Crippen molar-refractivity contribution in [1.29, 1.82) is 5.26 Å². The molecule has 0 N–H and O–H groups in total. The number of hydrogen-bond acceptors (Lipinski definition) is 6. The fourth-order valence-electron chi connectivity index (χ4n) is 4.97. The van der Waals surface area contributed by atoms with E-state index in [4.69, 9.17) is 9.47 Å². The van der Waals surface area contributed by atoms with Crippen molar-refractivity contribution in [2.45, 2.75) is 44.4 Å². The molecule has 2 unspecified atom stereocenters. The number of nitrogens with zero attached hydrogens (tertiary/aromatic N) is 4. The van der Waals surface area contributed by atoms with Gasteiger partial charge in [0.05, 0.1) is 19.3 Å². The van der Waals surface area contributed by atoms with Gasteiger partial charge in [0, 0.05) is 44.8 Å². The number of benzene rings is 1. The Bertz CT molecular complexity index is 935. The average Bonchev–Trinajstić information content (AvgIpc) is 2.84. The van der Waals surface area contributed by atoms with Crippen molar-refractivity contribution in [3.8, 4) is 6.07 Å². The van der Waals surface area contributed by atoms with Crippen LogP contribution in [0.3, 0.4) is 0 Å². The van der Waals surface area contributed by atoms with Crippen LogP contribution in [0.25, 0.3) is 0 Å². The molecule has 0 bridgehead atoms. The first-order valence-electron chi connectivity index (χ1n) is 11.7. The number of morpholine rings is 1. The summed E-state index contributed by atoms with van der Waals surface area (Å²) in [6.07, 6.45) is -0.367. The Hall–Kier alpha value is -2.77. The maximum absolute atomic E-state index is 14.1. The molecule has 1 aromatic carbocycles. The summed E-state index contributed by atoms with van der Waals surface area (Å²) in [5.74, 6) is -1.49. The molecule has 8 nitrogen and oxygen atoms in total. The Morgan fingerprint density at radius 3 is 2.47 bits per heavy atom. The third-order valence-corrected chi connectivity index (χ3v) is 7.02. The zero-order chi connectivity index (χ0) is 24.3. The largest absolute Gasteiger partial charge is 0.436 e. The third-order valence-electron chi connectivity index (χ3n) is 7.02. The summed E-state index contributed by atoms with van der Waals surface area (Å²) < 4.78 is 39.0. The van der Waals surface area contributed by atoms with E-state index in [1.165, 1.54) is 23.1 Å². The minimum absolute atomic E-state index is 0.00437. The second kappa shape index (κ2) is 10.2. The van der Waals surface area contributed by atoms with Crippen molar-refractivity contribution in [2.24, 2.45) is 5.92 Å². The molecule has 0 saturated carbocycles. The second-order valence-electron chi connectivity index (χ2n) is 9.38. The van der Waals surface area contributed by atoms with Gasteiger partial charge in [-0.05, 0) is 37.3 Å². The van der Waals surface area contributed by atoms with Crippen LogP contribution in [0, 0.1) is 28.9 Å². The van der Waals surface area contributed by atoms with Gasteiger partial charge in [0.15, 0.2) is 6.10 Å². The van der Waals surface area contributed by atoms with Gasteiger partial charge in [0.1, 0.15) is 17.2 Å². The molecule has 1 aromatic rings. The molecule has 3 aliphatic heterocycles. The molecular weight excluding hydrogens is 446 g/mol. The lowest BCUT2D eigenvalue weighted by molar-refractivity contribution is -0.154. The molecule has 0 aromatic heterocycles. The van der Waals surface area contributed by atoms with Crippen LogP contribution in [0.4, 0.5) is 13.6 Å². The quantitative estimate of drug-likeness (QED) is 0.664. The Balaban J connectivity index is 1.42. The van der Waals surface area contributed by atoms with Crippen LogP contribution in [0.1, 0.15) is 31.7 Å². The minimum Gasteiger partial charge on any atom is -0.436 e. The van der Waals surface area contributed by atoms with Crippen LogP contribution in [0.15, 0.2) is 18.2 Å². The highest BCUT2D eigenvalue weighted by Crippen LogP contribution is 2.35. The van der Waals surface area contributed by atoms with Gasteiger partial charge < -0.3 is 19.3 Å². The molecule has 0 spiro atoms. The van der Waals surface area contributed by atoms with E-state index < -0.39 is 29.4 Å². The highest BCUT2D eigenvalue weighted by molar-refractivity contribution is 5.85. The van der Waals surface area contributed by atoms with Crippen molar-refractivity contribution in [2.75, 3.05) is 45.9 Å². The fraction of sp³-hybridized carbons (Fsp3) is 0.625.